The summed E-state index contributed by atoms with van der Waals surface area (Å²) in [6, 6.07) is 10.4. The van der Waals surface area contributed by atoms with Gasteiger partial charge in [-0.2, -0.15) is 0 Å². The minimum atomic E-state index is -0.250. The van der Waals surface area contributed by atoms with E-state index in [1.54, 1.807) is 25.4 Å². The molecule has 0 unspecified atom stereocenters. The molecule has 1 aromatic carbocycles. The van der Waals surface area contributed by atoms with E-state index in [4.69, 9.17) is 14.6 Å². The molecule has 0 spiro atoms. The minimum Gasteiger partial charge on any atom is -0.488 e. The van der Waals surface area contributed by atoms with Crippen LogP contribution >= 0.6 is 0 Å². The summed E-state index contributed by atoms with van der Waals surface area (Å²) in [4.78, 5) is 16.7. The molecule has 1 aromatic heterocycles. The fourth-order valence-electron chi connectivity index (χ4n) is 2.80. The Morgan fingerprint density at radius 2 is 2.15 bits per heavy atom. The molecule has 2 atom stereocenters. The molecule has 3 N–H and O–H groups in total. The topological polar surface area (TPSA) is 92.7 Å². The lowest BCUT2D eigenvalue weighted by atomic mass is 10.1. The minimum absolute atomic E-state index is 0.00321. The van der Waals surface area contributed by atoms with Crippen LogP contribution in [0, 0.1) is 0 Å². The van der Waals surface area contributed by atoms with Gasteiger partial charge in [0.1, 0.15) is 17.7 Å². The lowest BCUT2D eigenvalue weighted by Crippen LogP contribution is -2.51. The zero-order valence-corrected chi connectivity index (χ0v) is 14.6. The van der Waals surface area contributed by atoms with Crippen molar-refractivity contribution < 1.29 is 19.4 Å². The number of aromatic nitrogens is 1. The molecule has 1 amide bonds. The highest BCUT2D eigenvalue weighted by Crippen LogP contribution is 2.19. The van der Waals surface area contributed by atoms with Crippen molar-refractivity contribution in [2.45, 2.75) is 25.2 Å². The number of ether oxygens (including phenoxy) is 2. The van der Waals surface area contributed by atoms with Gasteiger partial charge < -0.3 is 25.2 Å². The monoisotopic (exact) mass is 357 g/mol. The summed E-state index contributed by atoms with van der Waals surface area (Å²) < 4.78 is 11.6. The van der Waals surface area contributed by atoms with Gasteiger partial charge in [0.05, 0.1) is 25.9 Å². The van der Waals surface area contributed by atoms with Gasteiger partial charge in [-0.15, -0.1) is 0 Å². The first-order chi connectivity index (χ1) is 12.7. The summed E-state index contributed by atoms with van der Waals surface area (Å²) in [5.74, 6) is 1.15. The Bertz CT molecular complexity index is 736. The van der Waals surface area contributed by atoms with Gasteiger partial charge in [-0.3, -0.25) is 4.79 Å². The van der Waals surface area contributed by atoms with Crippen LogP contribution in [0.15, 0.2) is 42.6 Å². The molecule has 0 saturated carbocycles. The molecule has 2 aromatic rings. The third-order valence-corrected chi connectivity index (χ3v) is 4.28. The molecule has 3 rings (SSSR count). The van der Waals surface area contributed by atoms with Gasteiger partial charge in [0.15, 0.2) is 0 Å². The van der Waals surface area contributed by atoms with Crippen LogP contribution in [-0.2, 0) is 11.3 Å². The number of amides is 1. The summed E-state index contributed by atoms with van der Waals surface area (Å²) in [7, 11) is 1.75. The molecule has 0 aliphatic carbocycles. The third-order valence-electron chi connectivity index (χ3n) is 4.28. The first-order valence-electron chi connectivity index (χ1n) is 8.58. The summed E-state index contributed by atoms with van der Waals surface area (Å²) in [5.41, 5.74) is 1.35. The van der Waals surface area contributed by atoms with Crippen molar-refractivity contribution in [3.05, 3.63) is 53.7 Å². The van der Waals surface area contributed by atoms with E-state index in [1.165, 1.54) is 0 Å². The number of rotatable bonds is 6. The van der Waals surface area contributed by atoms with Crippen molar-refractivity contribution in [1.29, 1.82) is 0 Å². The van der Waals surface area contributed by atoms with Crippen molar-refractivity contribution in [2.75, 3.05) is 25.6 Å². The molecule has 1 saturated heterocycles. The Morgan fingerprint density at radius 1 is 1.35 bits per heavy atom. The lowest BCUT2D eigenvalue weighted by Gasteiger charge is -2.32. The van der Waals surface area contributed by atoms with E-state index in [1.807, 2.05) is 24.3 Å². The number of anilines is 1. The molecule has 0 radical (unpaired) electrons. The predicted octanol–water partition coefficient (Wildman–Crippen LogP) is 1.58. The van der Waals surface area contributed by atoms with Crippen LogP contribution in [-0.4, -0.2) is 48.4 Å². The fourth-order valence-corrected chi connectivity index (χ4v) is 2.80. The van der Waals surface area contributed by atoms with E-state index in [-0.39, 0.29) is 24.7 Å². The number of carbonyl (C=O) groups is 1. The zero-order chi connectivity index (χ0) is 18.4. The van der Waals surface area contributed by atoms with Crippen LogP contribution in [0.5, 0.6) is 5.75 Å². The highest BCUT2D eigenvalue weighted by molar-refractivity contribution is 5.95. The Balaban J connectivity index is 1.66. The number of nitrogens with one attached hydrogen (secondary N) is 2. The molecule has 26 heavy (non-hydrogen) atoms. The van der Waals surface area contributed by atoms with E-state index >= 15 is 0 Å². The predicted molar refractivity (Wildman–Crippen MR) is 97.3 cm³/mol. The fraction of sp³-hybridized carbons (Fsp3) is 0.368. The standard InChI is InChI=1S/C19H23N3O4/c1-20-18-10-14(6-8-21-18)19(24)22-16-12-25-9-7-17(16)26-15-4-2-13(11-23)3-5-15/h2-6,8,10,16-17,23H,7,9,11-12H2,1H3,(H,20,21)(H,22,24)/t16-,17-/m1/s1. The lowest BCUT2D eigenvalue weighted by molar-refractivity contribution is -0.00289. The second-order valence-electron chi connectivity index (χ2n) is 6.08. The Kier molecular flexibility index (Phi) is 6.04. The largest absolute Gasteiger partial charge is 0.488 e. The summed E-state index contributed by atoms with van der Waals surface area (Å²) >= 11 is 0. The number of pyridine rings is 1. The van der Waals surface area contributed by atoms with Gasteiger partial charge in [-0.05, 0) is 29.8 Å². The molecule has 138 valence electrons. The van der Waals surface area contributed by atoms with Crippen LogP contribution in [0.2, 0.25) is 0 Å². The number of aliphatic hydroxyl groups is 1. The number of hydrogen-bond donors (Lipinski definition) is 3. The van der Waals surface area contributed by atoms with Crippen molar-refractivity contribution in [1.82, 2.24) is 10.3 Å². The van der Waals surface area contributed by atoms with E-state index in [9.17, 15) is 4.79 Å². The van der Waals surface area contributed by atoms with E-state index < -0.39 is 0 Å². The van der Waals surface area contributed by atoms with Gasteiger partial charge >= 0.3 is 0 Å². The number of benzene rings is 1. The first kappa shape index (κ1) is 18.2. The number of aliphatic hydroxyl groups excluding tert-OH is 1. The normalized spacial score (nSPS) is 19.6. The summed E-state index contributed by atoms with van der Waals surface area (Å²) in [5, 5.41) is 15.0. The Morgan fingerprint density at radius 3 is 2.88 bits per heavy atom. The smallest absolute Gasteiger partial charge is 0.251 e. The van der Waals surface area contributed by atoms with Gasteiger partial charge in [-0.25, -0.2) is 4.98 Å². The van der Waals surface area contributed by atoms with Crippen molar-refractivity contribution in [3.63, 3.8) is 0 Å². The molecule has 7 heteroatoms. The van der Waals surface area contributed by atoms with Crippen LogP contribution < -0.4 is 15.4 Å². The van der Waals surface area contributed by atoms with Crippen LogP contribution in [0.25, 0.3) is 0 Å². The SMILES string of the molecule is CNc1cc(C(=O)N[C@@H]2COCC[C@H]2Oc2ccc(CO)cc2)ccn1. The molecule has 7 nitrogen and oxygen atoms in total. The number of hydrogen-bond acceptors (Lipinski definition) is 6. The van der Waals surface area contributed by atoms with Gasteiger partial charge in [0, 0.05) is 25.2 Å². The van der Waals surface area contributed by atoms with E-state index in [0.29, 0.717) is 36.8 Å². The first-order valence-corrected chi connectivity index (χ1v) is 8.58. The second-order valence-corrected chi connectivity index (χ2v) is 6.08. The molecular formula is C19H23N3O4. The van der Waals surface area contributed by atoms with Crippen molar-refractivity contribution in [3.8, 4) is 5.75 Å². The van der Waals surface area contributed by atoms with Crippen LogP contribution in [0.4, 0.5) is 5.82 Å². The number of nitrogens with zero attached hydrogens (tertiary/aromatic N) is 1. The van der Waals surface area contributed by atoms with Crippen LogP contribution in [0.3, 0.4) is 0 Å². The maximum Gasteiger partial charge on any atom is 0.251 e. The van der Waals surface area contributed by atoms with E-state index in [0.717, 1.165) is 5.56 Å². The van der Waals surface area contributed by atoms with Gasteiger partial charge in [0.2, 0.25) is 0 Å². The van der Waals surface area contributed by atoms with Gasteiger partial charge in [-0.1, -0.05) is 12.1 Å². The zero-order valence-electron chi connectivity index (χ0n) is 14.6. The van der Waals surface area contributed by atoms with Crippen LogP contribution in [0.1, 0.15) is 22.3 Å². The van der Waals surface area contributed by atoms with E-state index in [2.05, 4.69) is 15.6 Å². The molecule has 0 bridgehead atoms. The molecular weight excluding hydrogens is 334 g/mol. The maximum absolute atomic E-state index is 12.6. The Hall–Kier alpha value is -2.64. The average molecular weight is 357 g/mol. The molecule has 1 fully saturated rings. The quantitative estimate of drug-likeness (QED) is 0.727. The average Bonchev–Trinajstić information content (AvgIpc) is 2.70. The van der Waals surface area contributed by atoms with Crippen molar-refractivity contribution in [2.24, 2.45) is 0 Å². The molecule has 1 aliphatic rings. The Labute approximate surface area is 152 Å². The second kappa shape index (κ2) is 8.64. The van der Waals surface area contributed by atoms with Gasteiger partial charge in [0.25, 0.3) is 5.91 Å². The highest BCUT2D eigenvalue weighted by atomic mass is 16.5. The number of carbonyl (C=O) groups excluding carboxylic acids is 1. The van der Waals surface area contributed by atoms with Crippen molar-refractivity contribution >= 4 is 11.7 Å². The highest BCUT2D eigenvalue weighted by Gasteiger charge is 2.29. The third kappa shape index (κ3) is 4.50. The molecule has 2 heterocycles. The summed E-state index contributed by atoms with van der Waals surface area (Å²) in [6.07, 6.45) is 2.10. The maximum atomic E-state index is 12.6. The molecule has 1 aliphatic heterocycles. The summed E-state index contributed by atoms with van der Waals surface area (Å²) in [6.45, 7) is 0.983.